The summed E-state index contributed by atoms with van der Waals surface area (Å²) in [4.78, 5) is 24.3. The molecule has 0 aliphatic rings. The van der Waals surface area contributed by atoms with Crippen molar-refractivity contribution in [3.05, 3.63) is 52.2 Å². The molecule has 0 atom stereocenters. The van der Waals surface area contributed by atoms with Crippen molar-refractivity contribution in [2.75, 3.05) is 26.9 Å². The number of carbonyl (C=O) groups is 2. The smallest absolute Gasteiger partial charge is 0.331 e. The first-order valence-electron chi connectivity index (χ1n) is 8.01. The molecule has 0 bridgehead atoms. The Morgan fingerprint density at radius 2 is 1.96 bits per heavy atom. The summed E-state index contributed by atoms with van der Waals surface area (Å²) in [6.45, 7) is 2.19. The number of methoxy groups -OCH3 is 1. The lowest BCUT2D eigenvalue weighted by Gasteiger charge is -2.10. The van der Waals surface area contributed by atoms with Gasteiger partial charge in [-0.15, -0.1) is 11.3 Å². The highest BCUT2D eigenvalue weighted by molar-refractivity contribution is 7.11. The van der Waals surface area contributed by atoms with E-state index < -0.39 is 5.97 Å². The fourth-order valence-electron chi connectivity index (χ4n) is 2.02. The van der Waals surface area contributed by atoms with E-state index >= 15 is 0 Å². The van der Waals surface area contributed by atoms with Crippen molar-refractivity contribution in [1.82, 2.24) is 5.32 Å². The van der Waals surface area contributed by atoms with Crippen LogP contribution in [0.5, 0.6) is 11.5 Å². The molecular weight excluding hydrogens is 354 g/mol. The van der Waals surface area contributed by atoms with E-state index in [1.807, 2.05) is 30.5 Å². The lowest BCUT2D eigenvalue weighted by Crippen LogP contribution is -2.31. The van der Waals surface area contributed by atoms with E-state index in [1.165, 1.54) is 17.4 Å². The number of hydrogen-bond donors (Lipinski definition) is 1. The van der Waals surface area contributed by atoms with Gasteiger partial charge in [-0.1, -0.05) is 12.1 Å². The molecular formula is C19H21NO5S. The van der Waals surface area contributed by atoms with Crippen molar-refractivity contribution in [2.24, 2.45) is 0 Å². The number of ether oxygens (including phenoxy) is 3. The molecule has 26 heavy (non-hydrogen) atoms. The number of benzene rings is 1. The van der Waals surface area contributed by atoms with E-state index in [2.05, 4.69) is 5.32 Å². The molecule has 0 saturated carbocycles. The minimum absolute atomic E-state index is 0.275. The molecule has 0 unspecified atom stereocenters. The van der Waals surface area contributed by atoms with E-state index in [4.69, 9.17) is 14.2 Å². The molecule has 1 aromatic heterocycles. The predicted octanol–water partition coefficient (Wildman–Crippen LogP) is 2.82. The highest BCUT2D eigenvalue weighted by atomic mass is 32.1. The Morgan fingerprint density at radius 1 is 1.19 bits per heavy atom. The second-order valence-electron chi connectivity index (χ2n) is 5.26. The summed E-state index contributed by atoms with van der Waals surface area (Å²) in [5.74, 6) is 0.283. The molecule has 0 aliphatic heterocycles. The molecule has 0 fully saturated rings. The van der Waals surface area contributed by atoms with E-state index in [0.717, 1.165) is 10.4 Å². The van der Waals surface area contributed by atoms with Crippen molar-refractivity contribution in [2.45, 2.75) is 6.92 Å². The quantitative estimate of drug-likeness (QED) is 0.414. The van der Waals surface area contributed by atoms with Crippen LogP contribution in [0, 0.1) is 6.92 Å². The molecule has 2 rings (SSSR count). The van der Waals surface area contributed by atoms with Crippen molar-refractivity contribution < 1.29 is 23.8 Å². The summed E-state index contributed by atoms with van der Waals surface area (Å²) in [5.41, 5.74) is 1.09. The third kappa shape index (κ3) is 6.25. The average Bonchev–Trinajstić information content (AvgIpc) is 3.07. The van der Waals surface area contributed by atoms with Gasteiger partial charge >= 0.3 is 5.97 Å². The summed E-state index contributed by atoms with van der Waals surface area (Å²) in [7, 11) is 1.56. The van der Waals surface area contributed by atoms with Gasteiger partial charge in [0.15, 0.2) is 18.1 Å². The molecule has 1 amide bonds. The zero-order valence-electron chi connectivity index (χ0n) is 14.7. The highest BCUT2D eigenvalue weighted by Crippen LogP contribution is 2.25. The number of hydrogen-bond acceptors (Lipinski definition) is 6. The number of para-hydroxylation sites is 2. The van der Waals surface area contributed by atoms with Gasteiger partial charge in [0.25, 0.3) is 5.91 Å². The van der Waals surface area contributed by atoms with Crippen LogP contribution in [0.3, 0.4) is 0 Å². The maximum absolute atomic E-state index is 11.7. The standard InChI is InChI=1S/C19H21NO5S/c1-14-9-12-26-17(14)7-8-19(22)25-13-18(21)20-10-11-24-16-6-4-3-5-15(16)23-2/h3-9,12H,10-11,13H2,1-2H3,(H,20,21)/b8-7+. The molecule has 1 heterocycles. The molecule has 1 aromatic carbocycles. The Morgan fingerprint density at radius 3 is 2.65 bits per heavy atom. The minimum Gasteiger partial charge on any atom is -0.493 e. The van der Waals surface area contributed by atoms with Crippen molar-refractivity contribution >= 4 is 29.3 Å². The van der Waals surface area contributed by atoms with Crippen LogP contribution >= 0.6 is 11.3 Å². The molecule has 1 N–H and O–H groups in total. The van der Waals surface area contributed by atoms with Crippen LogP contribution in [0.1, 0.15) is 10.4 Å². The first kappa shape index (κ1) is 19.5. The van der Waals surface area contributed by atoms with E-state index in [1.54, 1.807) is 25.3 Å². The largest absolute Gasteiger partial charge is 0.493 e. The highest BCUT2D eigenvalue weighted by Gasteiger charge is 2.06. The van der Waals surface area contributed by atoms with Gasteiger partial charge in [-0.25, -0.2) is 4.79 Å². The van der Waals surface area contributed by atoms with Crippen LogP contribution in [-0.2, 0) is 14.3 Å². The van der Waals surface area contributed by atoms with E-state index in [9.17, 15) is 9.59 Å². The lowest BCUT2D eigenvalue weighted by atomic mass is 10.3. The van der Waals surface area contributed by atoms with Gasteiger partial charge in [0.2, 0.25) is 0 Å². The minimum atomic E-state index is -0.557. The van der Waals surface area contributed by atoms with E-state index in [0.29, 0.717) is 18.0 Å². The van der Waals surface area contributed by atoms with Gasteiger partial charge in [0.1, 0.15) is 6.61 Å². The fourth-order valence-corrected chi connectivity index (χ4v) is 2.84. The number of nitrogens with one attached hydrogen (secondary N) is 1. The third-order valence-electron chi connectivity index (χ3n) is 3.37. The second-order valence-corrected chi connectivity index (χ2v) is 6.21. The number of carbonyl (C=O) groups excluding carboxylic acids is 2. The molecule has 0 radical (unpaired) electrons. The lowest BCUT2D eigenvalue weighted by molar-refractivity contribution is -0.143. The van der Waals surface area contributed by atoms with Gasteiger partial charge in [0, 0.05) is 11.0 Å². The number of esters is 1. The Kier molecular flexibility index (Phi) is 7.70. The van der Waals surface area contributed by atoms with Gasteiger partial charge in [0.05, 0.1) is 13.7 Å². The summed E-state index contributed by atoms with van der Waals surface area (Å²) < 4.78 is 15.6. The maximum atomic E-state index is 11.7. The second kappa shape index (κ2) is 10.2. The number of aryl methyl sites for hydroxylation is 1. The predicted molar refractivity (Wildman–Crippen MR) is 101 cm³/mol. The van der Waals surface area contributed by atoms with Gasteiger partial charge < -0.3 is 19.5 Å². The van der Waals surface area contributed by atoms with Crippen LogP contribution in [-0.4, -0.2) is 38.7 Å². The normalized spacial score (nSPS) is 10.5. The molecule has 138 valence electrons. The SMILES string of the molecule is COc1ccccc1OCCNC(=O)COC(=O)/C=C/c1sccc1C. The van der Waals surface area contributed by atoms with Gasteiger partial charge in [-0.2, -0.15) is 0 Å². The zero-order chi connectivity index (χ0) is 18.8. The Hall–Kier alpha value is -2.80. The summed E-state index contributed by atoms with van der Waals surface area (Å²) in [6.07, 6.45) is 3.00. The number of amides is 1. The van der Waals surface area contributed by atoms with Gasteiger partial charge in [-0.3, -0.25) is 4.79 Å². The molecule has 0 saturated heterocycles. The Labute approximate surface area is 156 Å². The maximum Gasteiger partial charge on any atom is 0.331 e. The summed E-state index contributed by atoms with van der Waals surface area (Å²) in [6, 6.07) is 9.22. The summed E-state index contributed by atoms with van der Waals surface area (Å²) >= 11 is 1.53. The van der Waals surface area contributed by atoms with Crippen molar-refractivity contribution in [3.8, 4) is 11.5 Å². The third-order valence-corrected chi connectivity index (χ3v) is 4.35. The van der Waals surface area contributed by atoms with Crippen LogP contribution in [0.4, 0.5) is 0 Å². The fraction of sp³-hybridized carbons (Fsp3) is 0.263. The Bertz CT molecular complexity index is 769. The Balaban J connectivity index is 1.63. The number of rotatable bonds is 9. The van der Waals surface area contributed by atoms with E-state index in [-0.39, 0.29) is 19.1 Å². The first-order valence-corrected chi connectivity index (χ1v) is 8.89. The van der Waals surface area contributed by atoms with Crippen LogP contribution < -0.4 is 14.8 Å². The summed E-state index contributed by atoms with van der Waals surface area (Å²) in [5, 5.41) is 4.57. The van der Waals surface area contributed by atoms with Crippen molar-refractivity contribution in [1.29, 1.82) is 0 Å². The van der Waals surface area contributed by atoms with Crippen LogP contribution in [0.15, 0.2) is 41.8 Å². The zero-order valence-corrected chi connectivity index (χ0v) is 15.5. The van der Waals surface area contributed by atoms with Gasteiger partial charge in [-0.05, 0) is 42.1 Å². The van der Waals surface area contributed by atoms with Crippen LogP contribution in [0.25, 0.3) is 6.08 Å². The number of thiophene rings is 1. The molecule has 0 spiro atoms. The topological polar surface area (TPSA) is 73.9 Å². The monoisotopic (exact) mass is 375 g/mol. The molecule has 7 heteroatoms. The molecule has 6 nitrogen and oxygen atoms in total. The van der Waals surface area contributed by atoms with Crippen LogP contribution in [0.2, 0.25) is 0 Å². The molecule has 0 aliphatic carbocycles. The average molecular weight is 375 g/mol. The molecule has 2 aromatic rings. The first-order chi connectivity index (χ1) is 12.6. The van der Waals surface area contributed by atoms with Crippen molar-refractivity contribution in [3.63, 3.8) is 0 Å².